The standard InChI is InChI=1S/C16H22N2O5/c1-20-15-3-2-12(8-17-15)9-22-11-16(19)18-5-7-23-14-10-21-6-4-13(14)18/h2-3,8,13-14H,4-7,9-11H2,1H3/t13-,14+/m0/s1. The first-order chi connectivity index (χ1) is 11.3. The lowest BCUT2D eigenvalue weighted by Gasteiger charge is -2.43. The minimum absolute atomic E-state index is 0.00618. The number of hydrogen-bond donors (Lipinski definition) is 0. The second-order valence-electron chi connectivity index (χ2n) is 5.63. The van der Waals surface area contributed by atoms with E-state index in [4.69, 9.17) is 18.9 Å². The SMILES string of the molecule is COc1ccc(COCC(=O)N2CCO[C@@H]3COCC[C@@H]32)cn1. The van der Waals surface area contributed by atoms with E-state index in [1.807, 2.05) is 11.0 Å². The highest BCUT2D eigenvalue weighted by Crippen LogP contribution is 2.22. The van der Waals surface area contributed by atoms with Crippen molar-refractivity contribution >= 4 is 5.91 Å². The van der Waals surface area contributed by atoms with Gasteiger partial charge in [0.05, 0.1) is 33.0 Å². The fraction of sp³-hybridized carbons (Fsp3) is 0.625. The van der Waals surface area contributed by atoms with Crippen molar-refractivity contribution in [3.8, 4) is 5.88 Å². The number of fused-ring (bicyclic) bond motifs is 1. The molecule has 126 valence electrons. The number of rotatable bonds is 5. The maximum atomic E-state index is 12.4. The Morgan fingerprint density at radius 3 is 3.13 bits per heavy atom. The Bertz CT molecular complexity index is 520. The highest BCUT2D eigenvalue weighted by atomic mass is 16.5. The van der Waals surface area contributed by atoms with E-state index in [1.165, 1.54) is 0 Å². The van der Waals surface area contributed by atoms with Gasteiger partial charge in [0.15, 0.2) is 0 Å². The molecule has 0 radical (unpaired) electrons. The Morgan fingerprint density at radius 2 is 2.35 bits per heavy atom. The molecule has 2 saturated heterocycles. The number of carbonyl (C=O) groups excluding carboxylic acids is 1. The molecule has 3 rings (SSSR count). The van der Waals surface area contributed by atoms with Gasteiger partial charge in [0, 0.05) is 25.4 Å². The Labute approximate surface area is 135 Å². The van der Waals surface area contributed by atoms with Crippen molar-refractivity contribution in [3.63, 3.8) is 0 Å². The lowest BCUT2D eigenvalue weighted by atomic mass is 10.0. The van der Waals surface area contributed by atoms with E-state index in [1.54, 1.807) is 19.4 Å². The van der Waals surface area contributed by atoms with Crippen LogP contribution in [0.15, 0.2) is 18.3 Å². The summed E-state index contributed by atoms with van der Waals surface area (Å²) in [5.74, 6) is 0.565. The predicted octanol–water partition coefficient (Wildman–Crippen LogP) is 0.623. The van der Waals surface area contributed by atoms with Crippen LogP contribution in [0.25, 0.3) is 0 Å². The molecule has 0 aliphatic carbocycles. The van der Waals surface area contributed by atoms with Gasteiger partial charge in [0.1, 0.15) is 12.7 Å². The minimum atomic E-state index is -0.00719. The lowest BCUT2D eigenvalue weighted by molar-refractivity contribution is -0.165. The molecule has 1 aromatic rings. The molecule has 0 unspecified atom stereocenters. The summed E-state index contributed by atoms with van der Waals surface area (Å²) in [6.07, 6.45) is 2.50. The Balaban J connectivity index is 1.48. The van der Waals surface area contributed by atoms with Crippen LogP contribution in [0.2, 0.25) is 0 Å². The molecule has 0 saturated carbocycles. The van der Waals surface area contributed by atoms with Crippen LogP contribution in [0.3, 0.4) is 0 Å². The monoisotopic (exact) mass is 322 g/mol. The van der Waals surface area contributed by atoms with Crippen LogP contribution in [0.4, 0.5) is 0 Å². The molecular formula is C16H22N2O5. The fourth-order valence-electron chi connectivity index (χ4n) is 2.95. The first-order valence-electron chi connectivity index (χ1n) is 7.83. The van der Waals surface area contributed by atoms with Crippen molar-refractivity contribution in [3.05, 3.63) is 23.9 Å². The number of hydrogen-bond acceptors (Lipinski definition) is 6. The van der Waals surface area contributed by atoms with Crippen LogP contribution < -0.4 is 4.74 Å². The second kappa shape index (κ2) is 7.72. The van der Waals surface area contributed by atoms with Gasteiger partial charge >= 0.3 is 0 Å². The van der Waals surface area contributed by atoms with Crippen molar-refractivity contribution in [1.82, 2.24) is 9.88 Å². The summed E-state index contributed by atoms with van der Waals surface area (Å²) in [6.45, 7) is 2.83. The van der Waals surface area contributed by atoms with Gasteiger partial charge < -0.3 is 23.8 Å². The molecule has 2 aliphatic rings. The lowest BCUT2D eigenvalue weighted by Crippen LogP contribution is -2.58. The Morgan fingerprint density at radius 1 is 1.43 bits per heavy atom. The summed E-state index contributed by atoms with van der Waals surface area (Å²) in [4.78, 5) is 18.4. The van der Waals surface area contributed by atoms with E-state index in [2.05, 4.69) is 4.98 Å². The summed E-state index contributed by atoms with van der Waals surface area (Å²) >= 11 is 0. The van der Waals surface area contributed by atoms with Gasteiger partial charge in [-0.3, -0.25) is 4.79 Å². The molecule has 23 heavy (non-hydrogen) atoms. The number of carbonyl (C=O) groups is 1. The van der Waals surface area contributed by atoms with E-state index in [9.17, 15) is 4.79 Å². The summed E-state index contributed by atoms with van der Waals surface area (Å²) < 4.78 is 21.6. The van der Waals surface area contributed by atoms with Crippen molar-refractivity contribution in [2.45, 2.75) is 25.2 Å². The molecule has 2 fully saturated rings. The van der Waals surface area contributed by atoms with E-state index >= 15 is 0 Å². The minimum Gasteiger partial charge on any atom is -0.481 e. The molecule has 1 aromatic heterocycles. The van der Waals surface area contributed by atoms with E-state index in [-0.39, 0.29) is 24.7 Å². The maximum absolute atomic E-state index is 12.4. The van der Waals surface area contributed by atoms with Gasteiger partial charge in [0.25, 0.3) is 0 Å². The third-order valence-electron chi connectivity index (χ3n) is 4.16. The second-order valence-corrected chi connectivity index (χ2v) is 5.63. The average Bonchev–Trinajstić information content (AvgIpc) is 2.61. The van der Waals surface area contributed by atoms with Gasteiger partial charge in [-0.1, -0.05) is 0 Å². The first kappa shape index (κ1) is 16.2. The predicted molar refractivity (Wildman–Crippen MR) is 81.1 cm³/mol. The highest BCUT2D eigenvalue weighted by molar-refractivity contribution is 5.78. The van der Waals surface area contributed by atoms with Gasteiger partial charge in [-0.05, 0) is 18.1 Å². The molecule has 0 N–H and O–H groups in total. The number of morpholine rings is 1. The molecule has 0 bridgehead atoms. The molecular weight excluding hydrogens is 300 g/mol. The van der Waals surface area contributed by atoms with E-state index in [0.717, 1.165) is 12.0 Å². The van der Waals surface area contributed by atoms with Gasteiger partial charge in [-0.25, -0.2) is 4.98 Å². The van der Waals surface area contributed by atoms with Crippen LogP contribution in [-0.4, -0.2) is 68.0 Å². The van der Waals surface area contributed by atoms with Crippen LogP contribution in [0, 0.1) is 0 Å². The molecule has 7 nitrogen and oxygen atoms in total. The van der Waals surface area contributed by atoms with Crippen molar-refractivity contribution in [2.75, 3.05) is 40.1 Å². The number of aromatic nitrogens is 1. The Kier molecular flexibility index (Phi) is 5.43. The van der Waals surface area contributed by atoms with Crippen molar-refractivity contribution in [2.24, 2.45) is 0 Å². The summed E-state index contributed by atoms with van der Waals surface area (Å²) in [6, 6.07) is 3.76. The zero-order valence-electron chi connectivity index (χ0n) is 13.3. The number of amides is 1. The summed E-state index contributed by atoms with van der Waals surface area (Å²) in [5, 5.41) is 0. The molecule has 3 heterocycles. The topological polar surface area (TPSA) is 70.1 Å². The molecule has 2 atom stereocenters. The van der Waals surface area contributed by atoms with Crippen molar-refractivity contribution < 1.29 is 23.7 Å². The maximum Gasteiger partial charge on any atom is 0.249 e. The number of pyridine rings is 1. The van der Waals surface area contributed by atoms with Crippen molar-refractivity contribution in [1.29, 1.82) is 0 Å². The zero-order valence-corrected chi connectivity index (χ0v) is 13.3. The van der Waals surface area contributed by atoms with Gasteiger partial charge in [0.2, 0.25) is 11.8 Å². The van der Waals surface area contributed by atoms with Crippen LogP contribution in [0.1, 0.15) is 12.0 Å². The first-order valence-corrected chi connectivity index (χ1v) is 7.83. The molecule has 0 aromatic carbocycles. The van der Waals surface area contributed by atoms with E-state index in [0.29, 0.717) is 38.9 Å². The number of ether oxygens (including phenoxy) is 4. The molecule has 1 amide bonds. The number of nitrogens with zero attached hydrogens (tertiary/aromatic N) is 2. The van der Waals surface area contributed by atoms with Gasteiger partial charge in [-0.15, -0.1) is 0 Å². The highest BCUT2D eigenvalue weighted by Gasteiger charge is 2.37. The van der Waals surface area contributed by atoms with Crippen LogP contribution in [0.5, 0.6) is 5.88 Å². The van der Waals surface area contributed by atoms with E-state index < -0.39 is 0 Å². The quantitative estimate of drug-likeness (QED) is 0.792. The third kappa shape index (κ3) is 3.99. The average molecular weight is 322 g/mol. The van der Waals surface area contributed by atoms with Gasteiger partial charge in [-0.2, -0.15) is 0 Å². The van der Waals surface area contributed by atoms with Crippen LogP contribution in [-0.2, 0) is 25.6 Å². The largest absolute Gasteiger partial charge is 0.481 e. The fourth-order valence-corrected chi connectivity index (χ4v) is 2.95. The van der Waals surface area contributed by atoms with Crippen LogP contribution >= 0.6 is 0 Å². The smallest absolute Gasteiger partial charge is 0.249 e. The molecule has 7 heteroatoms. The molecule has 0 spiro atoms. The summed E-state index contributed by atoms with van der Waals surface area (Å²) in [5.41, 5.74) is 0.907. The normalized spacial score (nSPS) is 24.1. The zero-order chi connectivity index (χ0) is 16.1. The summed E-state index contributed by atoms with van der Waals surface area (Å²) in [7, 11) is 1.57. The third-order valence-corrected chi connectivity index (χ3v) is 4.16. The molecule has 2 aliphatic heterocycles. The Hall–Kier alpha value is -1.70. The number of methoxy groups -OCH3 is 1.